The van der Waals surface area contributed by atoms with Crippen LogP contribution in [0.4, 0.5) is 0 Å². The van der Waals surface area contributed by atoms with Gasteiger partial charge in [-0.15, -0.1) is 11.3 Å². The van der Waals surface area contributed by atoms with E-state index in [0.29, 0.717) is 0 Å². The second-order valence-corrected chi connectivity index (χ2v) is 3.56. The number of hydrogen-bond donors (Lipinski definition) is 0. The van der Waals surface area contributed by atoms with Crippen LogP contribution in [0.2, 0.25) is 0 Å². The van der Waals surface area contributed by atoms with Crippen molar-refractivity contribution in [3.63, 3.8) is 0 Å². The molecular formula is C8H9N3S. The van der Waals surface area contributed by atoms with Crippen LogP contribution >= 0.6 is 11.3 Å². The Morgan fingerprint density at radius 3 is 2.83 bits per heavy atom. The first-order chi connectivity index (χ1) is 5.79. The zero-order valence-corrected chi connectivity index (χ0v) is 7.80. The third kappa shape index (κ3) is 1.04. The summed E-state index contributed by atoms with van der Waals surface area (Å²) in [5.74, 6) is 0.947. The topological polar surface area (TPSA) is 30.7 Å². The maximum absolute atomic E-state index is 4.18. The molecule has 0 saturated carbocycles. The fraction of sp³-hybridized carbons (Fsp3) is 0.250. The van der Waals surface area contributed by atoms with Crippen LogP contribution in [0.1, 0.15) is 5.56 Å². The van der Waals surface area contributed by atoms with Crippen molar-refractivity contribution >= 4 is 11.3 Å². The number of hydrogen-bond acceptors (Lipinski definition) is 3. The molecule has 0 N–H and O–H groups in total. The predicted molar refractivity (Wildman–Crippen MR) is 49.1 cm³/mol. The summed E-state index contributed by atoms with van der Waals surface area (Å²) in [6.07, 6.45) is 1.58. The van der Waals surface area contributed by atoms with Crippen LogP contribution in [0, 0.1) is 6.92 Å². The SMILES string of the molecule is Cc1ccsc1-c1ncnn1C. The third-order valence-corrected chi connectivity index (χ3v) is 2.79. The zero-order valence-electron chi connectivity index (χ0n) is 6.98. The molecule has 0 amide bonds. The van der Waals surface area contributed by atoms with Gasteiger partial charge in [-0.25, -0.2) is 9.67 Å². The van der Waals surface area contributed by atoms with E-state index in [0.717, 1.165) is 5.82 Å². The van der Waals surface area contributed by atoms with Gasteiger partial charge in [0, 0.05) is 7.05 Å². The Balaban J connectivity index is 2.57. The van der Waals surface area contributed by atoms with Crippen LogP contribution in [-0.4, -0.2) is 14.8 Å². The number of thiophene rings is 1. The molecule has 0 spiro atoms. The first-order valence-electron chi connectivity index (χ1n) is 3.67. The van der Waals surface area contributed by atoms with Crippen molar-refractivity contribution in [3.05, 3.63) is 23.3 Å². The van der Waals surface area contributed by atoms with Gasteiger partial charge in [0.05, 0.1) is 4.88 Å². The van der Waals surface area contributed by atoms with Crippen LogP contribution in [0.3, 0.4) is 0 Å². The van der Waals surface area contributed by atoms with E-state index in [-0.39, 0.29) is 0 Å². The van der Waals surface area contributed by atoms with Gasteiger partial charge in [-0.05, 0) is 23.9 Å². The van der Waals surface area contributed by atoms with Gasteiger partial charge in [0.1, 0.15) is 6.33 Å². The lowest BCUT2D eigenvalue weighted by atomic mass is 10.3. The van der Waals surface area contributed by atoms with Crippen LogP contribution in [0.15, 0.2) is 17.8 Å². The van der Waals surface area contributed by atoms with Gasteiger partial charge in [-0.2, -0.15) is 5.10 Å². The Kier molecular flexibility index (Phi) is 1.69. The van der Waals surface area contributed by atoms with Crippen molar-refractivity contribution in [2.75, 3.05) is 0 Å². The molecule has 2 heterocycles. The minimum Gasteiger partial charge on any atom is -0.248 e. The highest BCUT2D eigenvalue weighted by atomic mass is 32.1. The monoisotopic (exact) mass is 179 g/mol. The Labute approximate surface area is 74.7 Å². The second kappa shape index (κ2) is 2.71. The highest BCUT2D eigenvalue weighted by Crippen LogP contribution is 2.26. The van der Waals surface area contributed by atoms with Gasteiger partial charge in [0.25, 0.3) is 0 Å². The van der Waals surface area contributed by atoms with Gasteiger partial charge in [-0.1, -0.05) is 0 Å². The molecule has 2 aromatic heterocycles. The molecule has 62 valence electrons. The van der Waals surface area contributed by atoms with Crippen molar-refractivity contribution in [2.45, 2.75) is 6.92 Å². The summed E-state index contributed by atoms with van der Waals surface area (Å²) in [5, 5.41) is 6.09. The van der Waals surface area contributed by atoms with E-state index in [4.69, 9.17) is 0 Å². The minimum atomic E-state index is 0.947. The van der Waals surface area contributed by atoms with Crippen molar-refractivity contribution in [3.8, 4) is 10.7 Å². The summed E-state index contributed by atoms with van der Waals surface area (Å²) < 4.78 is 1.79. The molecule has 0 radical (unpaired) electrons. The molecule has 0 aliphatic rings. The van der Waals surface area contributed by atoms with Crippen molar-refractivity contribution in [1.82, 2.24) is 14.8 Å². The molecule has 0 fully saturated rings. The summed E-state index contributed by atoms with van der Waals surface area (Å²) in [6, 6.07) is 2.09. The second-order valence-electron chi connectivity index (χ2n) is 2.64. The minimum absolute atomic E-state index is 0.947. The van der Waals surface area contributed by atoms with Crippen molar-refractivity contribution in [1.29, 1.82) is 0 Å². The van der Waals surface area contributed by atoms with E-state index >= 15 is 0 Å². The molecule has 0 atom stereocenters. The summed E-state index contributed by atoms with van der Waals surface area (Å²) in [5.41, 5.74) is 1.26. The molecule has 2 rings (SSSR count). The Morgan fingerprint density at radius 1 is 1.50 bits per heavy atom. The fourth-order valence-electron chi connectivity index (χ4n) is 1.10. The van der Waals surface area contributed by atoms with Crippen LogP contribution in [-0.2, 0) is 7.05 Å². The summed E-state index contributed by atoms with van der Waals surface area (Å²) in [7, 11) is 1.90. The highest BCUT2D eigenvalue weighted by Gasteiger charge is 2.07. The summed E-state index contributed by atoms with van der Waals surface area (Å²) in [6.45, 7) is 2.08. The lowest BCUT2D eigenvalue weighted by molar-refractivity contribution is 0.775. The molecule has 4 heteroatoms. The third-order valence-electron chi connectivity index (χ3n) is 1.78. The van der Waals surface area contributed by atoms with E-state index in [1.165, 1.54) is 10.4 Å². The Bertz CT molecular complexity index is 350. The first kappa shape index (κ1) is 7.49. The molecule has 3 nitrogen and oxygen atoms in total. The van der Waals surface area contributed by atoms with Gasteiger partial charge in [0.2, 0.25) is 0 Å². The predicted octanol–water partition coefficient (Wildman–Crippen LogP) is 1.85. The lowest BCUT2D eigenvalue weighted by Gasteiger charge is -1.96. The molecule has 0 aromatic carbocycles. The van der Waals surface area contributed by atoms with E-state index in [1.54, 1.807) is 22.3 Å². The van der Waals surface area contributed by atoms with E-state index in [1.807, 2.05) is 7.05 Å². The highest BCUT2D eigenvalue weighted by molar-refractivity contribution is 7.13. The molecule has 0 bridgehead atoms. The van der Waals surface area contributed by atoms with Gasteiger partial charge in [0.15, 0.2) is 5.82 Å². The van der Waals surface area contributed by atoms with Crippen molar-refractivity contribution < 1.29 is 0 Å². The number of rotatable bonds is 1. The molecule has 0 saturated heterocycles. The normalized spacial score (nSPS) is 10.5. The van der Waals surface area contributed by atoms with Gasteiger partial charge < -0.3 is 0 Å². The lowest BCUT2D eigenvalue weighted by Crippen LogP contribution is -1.93. The summed E-state index contributed by atoms with van der Waals surface area (Å²) >= 11 is 1.70. The fourth-order valence-corrected chi connectivity index (χ4v) is 2.06. The Hall–Kier alpha value is -1.16. The van der Waals surface area contributed by atoms with Crippen LogP contribution in [0.25, 0.3) is 10.7 Å². The molecular weight excluding hydrogens is 170 g/mol. The van der Waals surface area contributed by atoms with Crippen molar-refractivity contribution in [2.24, 2.45) is 7.05 Å². The average molecular weight is 179 g/mol. The average Bonchev–Trinajstić information content (AvgIpc) is 2.59. The van der Waals surface area contributed by atoms with Gasteiger partial charge >= 0.3 is 0 Å². The number of aryl methyl sites for hydroxylation is 2. The number of aromatic nitrogens is 3. The molecule has 2 aromatic rings. The molecule has 0 aliphatic carbocycles. The first-order valence-corrected chi connectivity index (χ1v) is 4.55. The maximum Gasteiger partial charge on any atom is 0.168 e. The van der Waals surface area contributed by atoms with Crippen LogP contribution < -0.4 is 0 Å². The van der Waals surface area contributed by atoms with E-state index in [9.17, 15) is 0 Å². The van der Waals surface area contributed by atoms with Crippen LogP contribution in [0.5, 0.6) is 0 Å². The maximum atomic E-state index is 4.18. The smallest absolute Gasteiger partial charge is 0.168 e. The summed E-state index contributed by atoms with van der Waals surface area (Å²) in [4.78, 5) is 5.39. The number of nitrogens with zero attached hydrogens (tertiary/aromatic N) is 3. The molecule has 12 heavy (non-hydrogen) atoms. The van der Waals surface area contributed by atoms with E-state index < -0.39 is 0 Å². The quantitative estimate of drug-likeness (QED) is 0.669. The zero-order chi connectivity index (χ0) is 8.55. The van der Waals surface area contributed by atoms with Gasteiger partial charge in [-0.3, -0.25) is 0 Å². The van der Waals surface area contributed by atoms with E-state index in [2.05, 4.69) is 28.5 Å². The standard InChI is InChI=1S/C8H9N3S/c1-6-3-4-12-7(6)8-9-5-10-11(8)2/h3-5H,1-2H3. The Morgan fingerprint density at radius 2 is 2.33 bits per heavy atom. The molecule has 0 aliphatic heterocycles. The molecule has 0 unspecified atom stereocenters. The largest absolute Gasteiger partial charge is 0.248 e.